The van der Waals surface area contributed by atoms with Gasteiger partial charge in [-0.05, 0) is 70.2 Å². The van der Waals surface area contributed by atoms with Crippen LogP contribution in [-0.2, 0) is 9.47 Å². The van der Waals surface area contributed by atoms with Gasteiger partial charge in [-0.3, -0.25) is 4.79 Å². The van der Waals surface area contributed by atoms with Crippen LogP contribution in [0.3, 0.4) is 0 Å². The zero-order chi connectivity index (χ0) is 15.6. The van der Waals surface area contributed by atoms with Crippen molar-refractivity contribution in [3.63, 3.8) is 0 Å². The van der Waals surface area contributed by atoms with Gasteiger partial charge in [-0.1, -0.05) is 6.07 Å². The van der Waals surface area contributed by atoms with Gasteiger partial charge in [0, 0.05) is 5.56 Å². The molecule has 0 radical (unpaired) electrons. The third-order valence-electron chi connectivity index (χ3n) is 4.25. The van der Waals surface area contributed by atoms with Gasteiger partial charge in [-0.15, -0.1) is 0 Å². The van der Waals surface area contributed by atoms with Crippen LogP contribution >= 0.6 is 0 Å². The molecule has 0 saturated carbocycles. The van der Waals surface area contributed by atoms with E-state index in [1.54, 1.807) is 0 Å². The maximum absolute atomic E-state index is 12.4. The lowest BCUT2D eigenvalue weighted by atomic mass is 9.98. The molecule has 1 aliphatic rings. The summed E-state index contributed by atoms with van der Waals surface area (Å²) in [7, 11) is 0. The first-order valence-electron chi connectivity index (χ1n) is 7.75. The Hall–Kier alpha value is -1.19. The van der Waals surface area contributed by atoms with Gasteiger partial charge in [0.05, 0.1) is 18.3 Å². The smallest absolute Gasteiger partial charge is 0.188 e. The molecule has 2 unspecified atom stereocenters. The fourth-order valence-corrected chi connectivity index (χ4v) is 3.01. The second kappa shape index (κ2) is 6.71. The average Bonchev–Trinajstić information content (AvgIpc) is 2.39. The summed E-state index contributed by atoms with van der Waals surface area (Å²) < 4.78 is 11.5. The molecule has 0 aromatic heterocycles. The van der Waals surface area contributed by atoms with Crippen molar-refractivity contribution in [2.75, 3.05) is 6.61 Å². The number of Topliss-reactive ketones (excluding diaryl/α,β-unsaturated/α-hetero) is 1. The minimum absolute atomic E-state index is 0.0717. The lowest BCUT2D eigenvalue weighted by molar-refractivity contribution is -0.0975. The van der Waals surface area contributed by atoms with Crippen LogP contribution in [0.1, 0.15) is 53.7 Å². The first-order valence-corrected chi connectivity index (χ1v) is 7.75. The van der Waals surface area contributed by atoms with E-state index in [0.717, 1.165) is 29.5 Å². The number of hydrogen-bond acceptors (Lipinski definition) is 3. The molecule has 3 heteroatoms. The number of ketones is 1. The van der Waals surface area contributed by atoms with E-state index in [2.05, 4.69) is 26.8 Å². The molecule has 2 rings (SSSR count). The highest BCUT2D eigenvalue weighted by atomic mass is 16.5. The number of aryl methyl sites for hydroxylation is 3. The van der Waals surface area contributed by atoms with Crippen molar-refractivity contribution in [2.45, 2.75) is 65.8 Å². The van der Waals surface area contributed by atoms with Crippen LogP contribution in [0.5, 0.6) is 0 Å². The molecule has 116 valence electrons. The van der Waals surface area contributed by atoms with E-state index in [9.17, 15) is 4.79 Å². The number of benzene rings is 1. The molecule has 1 aromatic rings. The minimum Gasteiger partial charge on any atom is -0.375 e. The van der Waals surface area contributed by atoms with Crippen LogP contribution < -0.4 is 0 Å². The topological polar surface area (TPSA) is 35.5 Å². The summed E-state index contributed by atoms with van der Waals surface area (Å²) in [5.41, 5.74) is 4.18. The summed E-state index contributed by atoms with van der Waals surface area (Å²) in [5.74, 6) is 0.0717. The van der Waals surface area contributed by atoms with Gasteiger partial charge < -0.3 is 9.47 Å². The Kier molecular flexibility index (Phi) is 5.17. The van der Waals surface area contributed by atoms with Gasteiger partial charge in [0.2, 0.25) is 0 Å². The summed E-state index contributed by atoms with van der Waals surface area (Å²) in [5, 5.41) is 0. The van der Waals surface area contributed by atoms with Crippen LogP contribution in [0.25, 0.3) is 0 Å². The fourth-order valence-electron chi connectivity index (χ4n) is 3.01. The van der Waals surface area contributed by atoms with E-state index in [1.165, 1.54) is 5.56 Å². The van der Waals surface area contributed by atoms with Crippen molar-refractivity contribution in [2.24, 2.45) is 0 Å². The van der Waals surface area contributed by atoms with Crippen LogP contribution in [-0.4, -0.2) is 30.7 Å². The molecule has 1 fully saturated rings. The molecule has 0 spiro atoms. The van der Waals surface area contributed by atoms with Gasteiger partial charge >= 0.3 is 0 Å². The number of hydrogen-bond donors (Lipinski definition) is 0. The van der Waals surface area contributed by atoms with Gasteiger partial charge in [0.15, 0.2) is 5.78 Å². The number of carbonyl (C=O) groups is 1. The molecule has 1 saturated heterocycles. The SMILES string of the molecule is Cc1cc(C)c(C(=O)COC2CC(C)OC(C)C2)cc1C. The Morgan fingerprint density at radius 2 is 1.67 bits per heavy atom. The van der Waals surface area contributed by atoms with Gasteiger partial charge in [0.1, 0.15) is 6.61 Å². The zero-order valence-corrected chi connectivity index (χ0v) is 13.7. The number of rotatable bonds is 4. The predicted molar refractivity (Wildman–Crippen MR) is 84.0 cm³/mol. The first-order chi connectivity index (χ1) is 9.86. The molecule has 0 aliphatic carbocycles. The van der Waals surface area contributed by atoms with E-state index in [1.807, 2.05) is 19.9 Å². The Morgan fingerprint density at radius 1 is 1.10 bits per heavy atom. The van der Waals surface area contributed by atoms with Crippen LogP contribution in [0.15, 0.2) is 12.1 Å². The molecule has 21 heavy (non-hydrogen) atoms. The highest BCUT2D eigenvalue weighted by Gasteiger charge is 2.25. The summed E-state index contributed by atoms with van der Waals surface area (Å²) in [6.07, 6.45) is 2.27. The van der Waals surface area contributed by atoms with Crippen molar-refractivity contribution in [3.8, 4) is 0 Å². The second-order valence-electron chi connectivity index (χ2n) is 6.34. The molecular weight excluding hydrogens is 264 g/mol. The largest absolute Gasteiger partial charge is 0.375 e. The number of carbonyl (C=O) groups excluding carboxylic acids is 1. The van der Waals surface area contributed by atoms with Gasteiger partial charge in [-0.25, -0.2) is 0 Å². The second-order valence-corrected chi connectivity index (χ2v) is 6.34. The lowest BCUT2D eigenvalue weighted by Gasteiger charge is -2.31. The third-order valence-corrected chi connectivity index (χ3v) is 4.25. The average molecular weight is 290 g/mol. The quantitative estimate of drug-likeness (QED) is 0.792. The predicted octanol–water partition coefficient (Wildman–Crippen LogP) is 3.77. The Balaban J connectivity index is 1.97. The maximum Gasteiger partial charge on any atom is 0.188 e. The molecular formula is C18H26O3. The van der Waals surface area contributed by atoms with E-state index >= 15 is 0 Å². The molecule has 2 atom stereocenters. The van der Waals surface area contributed by atoms with Crippen molar-refractivity contribution in [1.29, 1.82) is 0 Å². The monoisotopic (exact) mass is 290 g/mol. The van der Waals surface area contributed by atoms with Gasteiger partial charge in [0.25, 0.3) is 0 Å². The van der Waals surface area contributed by atoms with Crippen LogP contribution in [0.2, 0.25) is 0 Å². The van der Waals surface area contributed by atoms with E-state index in [4.69, 9.17) is 9.47 Å². The summed E-state index contributed by atoms with van der Waals surface area (Å²) in [4.78, 5) is 12.4. The Bertz CT molecular complexity index is 511. The van der Waals surface area contributed by atoms with E-state index < -0.39 is 0 Å². The van der Waals surface area contributed by atoms with E-state index in [0.29, 0.717) is 0 Å². The molecule has 3 nitrogen and oxygen atoms in total. The van der Waals surface area contributed by atoms with Crippen LogP contribution in [0, 0.1) is 20.8 Å². The molecule has 0 bridgehead atoms. The Morgan fingerprint density at radius 3 is 2.29 bits per heavy atom. The van der Waals surface area contributed by atoms with Crippen LogP contribution in [0.4, 0.5) is 0 Å². The van der Waals surface area contributed by atoms with E-state index in [-0.39, 0.29) is 30.7 Å². The first kappa shape index (κ1) is 16.2. The third kappa shape index (κ3) is 4.14. The van der Waals surface area contributed by atoms with Gasteiger partial charge in [-0.2, -0.15) is 0 Å². The zero-order valence-electron chi connectivity index (χ0n) is 13.7. The maximum atomic E-state index is 12.4. The normalized spacial score (nSPS) is 25.9. The van der Waals surface area contributed by atoms with Crippen molar-refractivity contribution < 1.29 is 14.3 Å². The summed E-state index contributed by atoms with van der Waals surface area (Å²) >= 11 is 0. The van der Waals surface area contributed by atoms with Crippen molar-refractivity contribution >= 4 is 5.78 Å². The molecule has 0 amide bonds. The molecule has 0 N–H and O–H groups in total. The van der Waals surface area contributed by atoms with Crippen molar-refractivity contribution in [3.05, 3.63) is 34.4 Å². The highest BCUT2D eigenvalue weighted by Crippen LogP contribution is 2.22. The summed E-state index contributed by atoms with van der Waals surface area (Å²) in [6, 6.07) is 4.05. The standard InChI is InChI=1S/C18H26O3/c1-11-6-13(3)17(7-12(11)2)18(19)10-20-16-8-14(4)21-15(5)9-16/h6-7,14-16H,8-10H2,1-5H3. The molecule has 1 aliphatic heterocycles. The summed E-state index contributed by atoms with van der Waals surface area (Å²) in [6.45, 7) is 10.4. The lowest BCUT2D eigenvalue weighted by Crippen LogP contribution is -2.35. The molecule has 1 aromatic carbocycles. The fraction of sp³-hybridized carbons (Fsp3) is 0.611. The number of ether oxygens (including phenoxy) is 2. The molecule has 1 heterocycles. The highest BCUT2D eigenvalue weighted by molar-refractivity contribution is 5.98. The Labute approximate surface area is 127 Å². The van der Waals surface area contributed by atoms with Crippen molar-refractivity contribution in [1.82, 2.24) is 0 Å². The minimum atomic E-state index is 0.0717.